The summed E-state index contributed by atoms with van der Waals surface area (Å²) in [5.41, 5.74) is 9.49. The van der Waals surface area contributed by atoms with E-state index < -0.39 is 17.8 Å². The summed E-state index contributed by atoms with van der Waals surface area (Å²) in [5.74, 6) is -1.42. The number of halogens is 1. The number of pyridine rings is 1. The molecule has 3 aromatic rings. The molecule has 6 rings (SSSR count). The maximum atomic E-state index is 13.8. The Morgan fingerprint density at radius 2 is 2.05 bits per heavy atom. The van der Waals surface area contributed by atoms with Crippen molar-refractivity contribution in [1.82, 2.24) is 24.8 Å². The predicted octanol–water partition coefficient (Wildman–Crippen LogP) is 4.37. The van der Waals surface area contributed by atoms with Crippen LogP contribution in [0.5, 0.6) is 6.01 Å². The van der Waals surface area contributed by atoms with Crippen LogP contribution < -0.4 is 10.5 Å². The summed E-state index contributed by atoms with van der Waals surface area (Å²) in [4.78, 5) is 34.2. The van der Waals surface area contributed by atoms with Gasteiger partial charge in [-0.3, -0.25) is 4.79 Å². The number of anilines is 1. The molecule has 3 aliphatic rings. The Morgan fingerprint density at radius 1 is 1.21 bits per heavy atom. The fourth-order valence-corrected chi connectivity index (χ4v) is 6.70. The molecule has 2 saturated heterocycles. The van der Waals surface area contributed by atoms with Crippen LogP contribution in [0.1, 0.15) is 60.4 Å². The number of carbonyl (C=O) groups excluding carboxylic acids is 1. The van der Waals surface area contributed by atoms with E-state index in [-0.39, 0.29) is 25.2 Å². The molecule has 11 heteroatoms. The Bertz CT molecular complexity index is 1590. The van der Waals surface area contributed by atoms with Gasteiger partial charge >= 0.3 is 6.01 Å². The van der Waals surface area contributed by atoms with Gasteiger partial charge in [0.25, 0.3) is 5.91 Å². The summed E-state index contributed by atoms with van der Waals surface area (Å²) in [6, 6.07) is 10.0. The van der Waals surface area contributed by atoms with Gasteiger partial charge in [-0.15, -0.1) is 0 Å². The number of nitrogens with two attached hydrogens (primary N) is 1. The van der Waals surface area contributed by atoms with E-state index in [9.17, 15) is 9.18 Å². The standard InChI is InChI=1S/C32H36FN7O3/c1-19(33)31(41)40-12-10-21(13-23(40)16-35-2)29-25-18-42-27(30-24-9-5-4-7-20(24)14-28(34)37-30)15-26(25)36-32(38-29)43-17-22-8-6-11-39(22)3/h4-5,7,9,14,21-23,27H,1,6,8,10-13,15-18H2,3H3,(H2,34,37)/t21?,22-,23+,27?/m0/s1. The SMILES string of the molecule is [C-]#[N+]C[C@H]1CC(c2nc(OC[C@@H]3CCCN3C)nc3c2COC(c2nc(N)cc4ccccc24)C3)CCN1C(=O)C(=C)F. The highest BCUT2D eigenvalue weighted by atomic mass is 19.1. The van der Waals surface area contributed by atoms with Crippen LogP contribution in [-0.2, 0) is 22.6 Å². The summed E-state index contributed by atoms with van der Waals surface area (Å²) in [7, 11) is 2.10. The van der Waals surface area contributed by atoms with Gasteiger partial charge in [-0.25, -0.2) is 15.9 Å². The van der Waals surface area contributed by atoms with E-state index in [1.807, 2.05) is 30.3 Å². The maximum Gasteiger partial charge on any atom is 0.316 e. The Kier molecular flexibility index (Phi) is 8.23. The number of hydrogen-bond acceptors (Lipinski definition) is 8. The summed E-state index contributed by atoms with van der Waals surface area (Å²) in [5, 5.41) is 1.98. The van der Waals surface area contributed by atoms with Crippen molar-refractivity contribution in [3.63, 3.8) is 0 Å². The number of likely N-dealkylation sites (tertiary alicyclic amines) is 2. The van der Waals surface area contributed by atoms with Gasteiger partial charge in [0.1, 0.15) is 24.6 Å². The molecular weight excluding hydrogens is 549 g/mol. The predicted molar refractivity (Wildman–Crippen MR) is 160 cm³/mol. The highest BCUT2D eigenvalue weighted by molar-refractivity contribution is 5.91. The first-order chi connectivity index (χ1) is 20.8. The molecule has 43 heavy (non-hydrogen) atoms. The molecule has 3 aliphatic heterocycles. The molecule has 0 aliphatic carbocycles. The molecule has 2 fully saturated rings. The first-order valence-electron chi connectivity index (χ1n) is 14.8. The molecule has 0 bridgehead atoms. The highest BCUT2D eigenvalue weighted by Crippen LogP contribution is 2.40. The molecule has 1 aromatic carbocycles. The first kappa shape index (κ1) is 29.0. The summed E-state index contributed by atoms with van der Waals surface area (Å²) in [6.07, 6.45) is 3.33. The van der Waals surface area contributed by atoms with Gasteiger partial charge in [-0.2, -0.15) is 9.97 Å². The number of ether oxygens (including phenoxy) is 2. The van der Waals surface area contributed by atoms with E-state index >= 15 is 0 Å². The van der Waals surface area contributed by atoms with Crippen LogP contribution in [0, 0.1) is 6.57 Å². The van der Waals surface area contributed by atoms with E-state index in [0.717, 1.165) is 52.8 Å². The zero-order valence-electron chi connectivity index (χ0n) is 24.3. The van der Waals surface area contributed by atoms with E-state index in [0.29, 0.717) is 50.3 Å². The molecule has 2 aromatic heterocycles. The van der Waals surface area contributed by atoms with Gasteiger partial charge in [0.15, 0.2) is 5.83 Å². The average Bonchev–Trinajstić information content (AvgIpc) is 3.42. The van der Waals surface area contributed by atoms with Crippen molar-refractivity contribution in [2.45, 2.75) is 62.8 Å². The molecule has 2 unspecified atom stereocenters. The van der Waals surface area contributed by atoms with Crippen molar-refractivity contribution < 1.29 is 18.7 Å². The number of aromatic nitrogens is 3. The minimum atomic E-state index is -1.01. The zero-order chi connectivity index (χ0) is 30.1. The van der Waals surface area contributed by atoms with Crippen molar-refractivity contribution in [2.24, 2.45) is 0 Å². The third-order valence-electron chi connectivity index (χ3n) is 8.98. The summed E-state index contributed by atoms with van der Waals surface area (Å²) >= 11 is 0. The first-order valence-corrected chi connectivity index (χ1v) is 14.8. The summed E-state index contributed by atoms with van der Waals surface area (Å²) in [6.45, 7) is 12.8. The number of amides is 1. The van der Waals surface area contributed by atoms with E-state index in [1.54, 1.807) is 0 Å². The van der Waals surface area contributed by atoms with Crippen molar-refractivity contribution in [3.05, 3.63) is 76.8 Å². The molecule has 0 spiro atoms. The second-order valence-corrected chi connectivity index (χ2v) is 11.7. The minimum Gasteiger partial charge on any atom is -0.462 e. The third-order valence-corrected chi connectivity index (χ3v) is 8.98. The quantitative estimate of drug-likeness (QED) is 0.322. The molecule has 5 heterocycles. The monoisotopic (exact) mass is 585 g/mol. The average molecular weight is 586 g/mol. The lowest BCUT2D eigenvalue weighted by Gasteiger charge is -2.37. The highest BCUT2D eigenvalue weighted by Gasteiger charge is 2.38. The van der Waals surface area contributed by atoms with Gasteiger partial charge in [0, 0.05) is 35.9 Å². The van der Waals surface area contributed by atoms with Gasteiger partial charge in [-0.1, -0.05) is 30.8 Å². The van der Waals surface area contributed by atoms with Crippen molar-refractivity contribution in [2.75, 3.05) is 39.0 Å². The Hall–Kier alpha value is -4.14. The van der Waals surface area contributed by atoms with Crippen molar-refractivity contribution in [1.29, 1.82) is 0 Å². The number of piperidine rings is 1. The lowest BCUT2D eigenvalue weighted by Crippen LogP contribution is -2.47. The molecule has 0 radical (unpaired) electrons. The van der Waals surface area contributed by atoms with Gasteiger partial charge in [-0.05, 0) is 50.7 Å². The second-order valence-electron chi connectivity index (χ2n) is 11.7. The van der Waals surface area contributed by atoms with Gasteiger partial charge in [0.05, 0.1) is 23.7 Å². The topological polar surface area (TPSA) is 111 Å². The van der Waals surface area contributed by atoms with E-state index in [4.69, 9.17) is 31.7 Å². The number of rotatable bonds is 7. The van der Waals surface area contributed by atoms with Crippen molar-refractivity contribution in [3.8, 4) is 6.01 Å². The maximum absolute atomic E-state index is 13.8. The Morgan fingerprint density at radius 3 is 2.81 bits per heavy atom. The molecule has 0 saturated carbocycles. The van der Waals surface area contributed by atoms with E-state index in [1.165, 1.54) is 4.90 Å². The Balaban J connectivity index is 1.34. The number of likely N-dealkylation sites (N-methyl/N-ethyl adjacent to an activating group) is 1. The number of carbonyl (C=O) groups is 1. The van der Waals surface area contributed by atoms with Crippen LogP contribution in [-0.4, -0.2) is 76.0 Å². The van der Waals surface area contributed by atoms with Crippen LogP contribution >= 0.6 is 0 Å². The molecular formula is C32H36FN7O3. The van der Waals surface area contributed by atoms with Gasteiger partial charge < -0.3 is 29.9 Å². The number of nitrogens with zero attached hydrogens (tertiary/aromatic N) is 6. The third kappa shape index (κ3) is 5.90. The minimum absolute atomic E-state index is 0.0763. The molecule has 224 valence electrons. The largest absolute Gasteiger partial charge is 0.462 e. The fourth-order valence-electron chi connectivity index (χ4n) is 6.70. The molecule has 2 N–H and O–H groups in total. The normalized spacial score (nSPS) is 24.0. The van der Waals surface area contributed by atoms with Crippen LogP contribution in [0.2, 0.25) is 0 Å². The molecule has 4 atom stereocenters. The van der Waals surface area contributed by atoms with Crippen LogP contribution in [0.15, 0.2) is 42.7 Å². The lowest BCUT2D eigenvalue weighted by molar-refractivity contribution is -0.132. The number of fused-ring (bicyclic) bond motifs is 2. The summed E-state index contributed by atoms with van der Waals surface area (Å²) < 4.78 is 26.5. The van der Waals surface area contributed by atoms with Crippen LogP contribution in [0.4, 0.5) is 10.2 Å². The second kappa shape index (κ2) is 12.2. The number of nitrogen functional groups attached to an aromatic ring is 1. The Labute approximate surface area is 250 Å². The smallest absolute Gasteiger partial charge is 0.316 e. The fraction of sp³-hybridized carbons (Fsp3) is 0.469. The number of benzene rings is 1. The van der Waals surface area contributed by atoms with Crippen LogP contribution in [0.25, 0.3) is 15.6 Å². The molecule has 10 nitrogen and oxygen atoms in total. The van der Waals surface area contributed by atoms with Crippen molar-refractivity contribution >= 4 is 22.5 Å². The van der Waals surface area contributed by atoms with Gasteiger partial charge in [0.2, 0.25) is 6.54 Å². The number of hydrogen-bond donors (Lipinski definition) is 1. The zero-order valence-corrected chi connectivity index (χ0v) is 24.3. The molecule has 1 amide bonds. The lowest BCUT2D eigenvalue weighted by atomic mass is 9.84. The van der Waals surface area contributed by atoms with E-state index in [2.05, 4.69) is 28.4 Å². The van der Waals surface area contributed by atoms with Crippen LogP contribution in [0.3, 0.4) is 0 Å².